The highest BCUT2D eigenvalue weighted by molar-refractivity contribution is 6.30. The average Bonchev–Trinajstić information content (AvgIpc) is 4.09. The first-order chi connectivity index (χ1) is 29.7. The number of hydrogen-bond donors (Lipinski definition) is 8. The number of nitrogens with one attached hydrogen (secondary N) is 2. The van der Waals surface area contributed by atoms with E-state index in [1.54, 1.807) is 19.2 Å². The molecule has 0 spiro atoms. The Morgan fingerprint density at radius 2 is 1.11 bits per heavy atom. The number of fused-ring (bicyclic) bond motifs is 4. The first kappa shape index (κ1) is 42.3. The Balaban J connectivity index is 0.000000158. The maximum absolute atomic E-state index is 14.5. The van der Waals surface area contributed by atoms with Gasteiger partial charge < -0.3 is 50.7 Å². The van der Waals surface area contributed by atoms with Crippen LogP contribution in [0.3, 0.4) is 0 Å². The first-order valence-electron chi connectivity index (χ1n) is 19.9. The number of aliphatic hydroxyl groups is 6. The summed E-state index contributed by atoms with van der Waals surface area (Å²) in [5.74, 6) is -2.37. The van der Waals surface area contributed by atoms with E-state index in [2.05, 4.69) is 30.8 Å². The van der Waals surface area contributed by atoms with Crippen LogP contribution in [0.15, 0.2) is 48.8 Å². The van der Waals surface area contributed by atoms with E-state index in [1.807, 2.05) is 6.07 Å². The lowest BCUT2D eigenvalue weighted by molar-refractivity contribution is -0.0566. The third-order valence-electron chi connectivity index (χ3n) is 11.9. The van der Waals surface area contributed by atoms with Crippen LogP contribution in [0.25, 0.3) is 22.1 Å². The third kappa shape index (κ3) is 7.41. The number of halogens is 5. The van der Waals surface area contributed by atoms with Gasteiger partial charge in [-0.25, -0.2) is 36.9 Å². The van der Waals surface area contributed by atoms with Gasteiger partial charge in [0.2, 0.25) is 0 Å². The van der Waals surface area contributed by atoms with Crippen LogP contribution in [0.4, 0.5) is 28.9 Å². The number of rotatable bonds is 8. The van der Waals surface area contributed by atoms with E-state index >= 15 is 0 Å². The van der Waals surface area contributed by atoms with Gasteiger partial charge in [0, 0.05) is 34.6 Å². The fraction of sp³-hybridized carbons (Fsp3) is 0.415. The zero-order valence-electron chi connectivity index (χ0n) is 32.7. The Hall–Kier alpha value is -5.03. The van der Waals surface area contributed by atoms with E-state index in [0.717, 1.165) is 12.1 Å². The molecule has 10 rings (SSSR count). The second-order valence-electron chi connectivity index (χ2n) is 15.8. The highest BCUT2D eigenvalue weighted by Crippen LogP contribution is 2.41. The molecule has 2 aliphatic heterocycles. The zero-order chi connectivity index (χ0) is 43.7. The summed E-state index contributed by atoms with van der Waals surface area (Å²) in [4.78, 5) is 8.77. The molecule has 10 atom stereocenters. The minimum Gasteiger partial charge on any atom is -0.394 e. The van der Waals surface area contributed by atoms with E-state index in [4.69, 9.17) is 21.1 Å². The minimum absolute atomic E-state index is 0.126. The fourth-order valence-corrected chi connectivity index (χ4v) is 9.12. The topological polar surface area (TPSA) is 225 Å². The number of aliphatic hydroxyl groups excluding tert-OH is 6. The number of aromatic nitrogens is 6. The van der Waals surface area contributed by atoms with Crippen molar-refractivity contribution in [2.45, 2.75) is 93.8 Å². The molecule has 2 aromatic carbocycles. The standard InChI is InChI=1S/C21H22F2N4O4.C20H19ClF2N4O4/c1-9-4-15(26-14-3-2-10-5-11(22)6-13(23)17(10)14)12-7-24-27(20(12)25-9)21-19(30)18(29)16(8-28)31-21;21-15-5-13(25-12-2-1-8-3-9(22)4-11(23)16(8)12)10-6-24-27(19(10)26-15)20-18(30)17(29)14(7-28)31-20/h4-7,14,16,18-19,21,28-30H,2-3,8H2,1H3,(H,25,26);3-6,12,14,17-18,20,28-30H,1-2,7H2,(H,25,26)/t14?,16-,18-,19-,21-;12?,14-,17-,18-,20-/m11/s1. The molecule has 6 heterocycles. The van der Waals surface area contributed by atoms with E-state index in [1.165, 1.54) is 27.7 Å². The van der Waals surface area contributed by atoms with Crippen molar-refractivity contribution in [2.75, 3.05) is 23.8 Å². The molecule has 62 heavy (non-hydrogen) atoms. The van der Waals surface area contributed by atoms with E-state index < -0.39 is 91.6 Å². The summed E-state index contributed by atoms with van der Waals surface area (Å²) >= 11 is 6.21. The lowest BCUT2D eigenvalue weighted by Crippen LogP contribution is -2.33. The quantitative estimate of drug-likeness (QED) is 0.0805. The van der Waals surface area contributed by atoms with Gasteiger partial charge in [-0.3, -0.25) is 0 Å². The molecule has 2 fully saturated rings. The molecular formula is C41H41ClF4N8O8. The van der Waals surface area contributed by atoms with Crippen molar-refractivity contribution in [3.05, 3.63) is 105 Å². The highest BCUT2D eigenvalue weighted by atomic mass is 35.5. The molecule has 4 aromatic heterocycles. The summed E-state index contributed by atoms with van der Waals surface area (Å²) in [6.07, 6.45) is -3.82. The maximum Gasteiger partial charge on any atom is 0.181 e. The Morgan fingerprint density at radius 3 is 1.56 bits per heavy atom. The second-order valence-corrected chi connectivity index (χ2v) is 16.2. The van der Waals surface area contributed by atoms with Gasteiger partial charge >= 0.3 is 0 Å². The number of aryl methyl sites for hydroxylation is 3. The Labute approximate surface area is 354 Å². The predicted octanol–water partition coefficient (Wildman–Crippen LogP) is 3.80. The van der Waals surface area contributed by atoms with Crippen LogP contribution in [-0.4, -0.2) is 110 Å². The highest BCUT2D eigenvalue weighted by Gasteiger charge is 2.46. The molecule has 21 heteroatoms. The van der Waals surface area contributed by atoms with Crippen LogP contribution < -0.4 is 10.6 Å². The first-order valence-corrected chi connectivity index (χ1v) is 20.2. The van der Waals surface area contributed by atoms with E-state index in [0.29, 0.717) is 81.4 Å². The smallest absolute Gasteiger partial charge is 0.181 e. The average molecular weight is 885 g/mol. The van der Waals surface area contributed by atoms with Crippen molar-refractivity contribution in [2.24, 2.45) is 0 Å². The summed E-state index contributed by atoms with van der Waals surface area (Å²) in [6.45, 7) is 0.875. The molecule has 0 amide bonds. The maximum atomic E-state index is 14.5. The van der Waals surface area contributed by atoms with Crippen molar-refractivity contribution >= 4 is 45.0 Å². The van der Waals surface area contributed by atoms with Gasteiger partial charge in [0.25, 0.3) is 0 Å². The Morgan fingerprint density at radius 1 is 0.661 bits per heavy atom. The molecular weight excluding hydrogens is 844 g/mol. The number of pyridine rings is 2. The number of hydrogen-bond acceptors (Lipinski definition) is 14. The molecule has 0 bridgehead atoms. The van der Waals surface area contributed by atoms with Crippen molar-refractivity contribution < 1.29 is 57.7 Å². The molecule has 16 nitrogen and oxygen atoms in total. The van der Waals surface area contributed by atoms with Crippen LogP contribution in [0, 0.1) is 30.2 Å². The SMILES string of the molecule is Cc1cc(NC2CCc3cc(F)cc(F)c32)c2cnn([C@@H]3O[C@H](CO)[C@@H](O)[C@H]3O)c2n1.OC[C@H]1O[C@@H](n2ncc3c(NC4CCc5cc(F)cc(F)c54)cc(Cl)nc32)[C@H](O)[C@@H]1O. The molecule has 2 unspecified atom stereocenters. The van der Waals surface area contributed by atoms with Crippen LogP contribution in [0.5, 0.6) is 0 Å². The number of nitrogens with zero attached hydrogens (tertiary/aromatic N) is 6. The van der Waals surface area contributed by atoms with Gasteiger partial charge in [-0.15, -0.1) is 0 Å². The Bertz CT molecular complexity index is 2490. The van der Waals surface area contributed by atoms with Crippen LogP contribution in [0.1, 0.15) is 65.3 Å². The second kappa shape index (κ2) is 16.6. The van der Waals surface area contributed by atoms with Gasteiger partial charge in [0.1, 0.15) is 65.0 Å². The van der Waals surface area contributed by atoms with Crippen molar-refractivity contribution in [3.63, 3.8) is 0 Å². The van der Waals surface area contributed by atoms with Crippen LogP contribution in [0.2, 0.25) is 5.15 Å². The molecule has 0 saturated carbocycles. The fourth-order valence-electron chi connectivity index (χ4n) is 8.93. The third-order valence-corrected chi connectivity index (χ3v) is 12.1. The lowest BCUT2D eigenvalue weighted by Gasteiger charge is -2.18. The zero-order valence-corrected chi connectivity index (χ0v) is 33.5. The summed E-state index contributed by atoms with van der Waals surface area (Å²) < 4.78 is 69.8. The van der Waals surface area contributed by atoms with Crippen LogP contribution in [-0.2, 0) is 22.3 Å². The number of benzene rings is 2. The molecule has 2 aliphatic carbocycles. The summed E-state index contributed by atoms with van der Waals surface area (Å²) in [5, 5.41) is 75.9. The molecule has 8 N–H and O–H groups in total. The largest absolute Gasteiger partial charge is 0.394 e. The molecule has 0 radical (unpaired) electrons. The van der Waals surface area contributed by atoms with Gasteiger partial charge in [0.05, 0.1) is 54.2 Å². The van der Waals surface area contributed by atoms with Crippen LogP contribution >= 0.6 is 11.6 Å². The molecule has 2 saturated heterocycles. The minimum atomic E-state index is -1.33. The monoisotopic (exact) mass is 884 g/mol. The number of ether oxygens (including phenoxy) is 2. The van der Waals surface area contributed by atoms with E-state index in [9.17, 15) is 48.2 Å². The molecule has 328 valence electrons. The van der Waals surface area contributed by atoms with Crippen molar-refractivity contribution in [1.82, 2.24) is 29.5 Å². The summed E-state index contributed by atoms with van der Waals surface area (Å²) in [7, 11) is 0. The van der Waals surface area contributed by atoms with Gasteiger partial charge in [-0.05, 0) is 68.0 Å². The number of anilines is 2. The normalized spacial score (nSPS) is 27.7. The molecule has 4 aliphatic rings. The summed E-state index contributed by atoms with van der Waals surface area (Å²) in [5.41, 5.74) is 4.70. The van der Waals surface area contributed by atoms with Crippen molar-refractivity contribution in [1.29, 1.82) is 0 Å². The van der Waals surface area contributed by atoms with Crippen molar-refractivity contribution in [3.8, 4) is 0 Å². The summed E-state index contributed by atoms with van der Waals surface area (Å²) in [6, 6.07) is 7.13. The lowest BCUT2D eigenvalue weighted by atomic mass is 10.1. The van der Waals surface area contributed by atoms with Gasteiger partial charge in [-0.1, -0.05) is 11.6 Å². The Kier molecular flexibility index (Phi) is 11.3. The predicted molar refractivity (Wildman–Crippen MR) is 213 cm³/mol. The van der Waals surface area contributed by atoms with Gasteiger partial charge in [-0.2, -0.15) is 10.2 Å². The van der Waals surface area contributed by atoms with E-state index in [-0.39, 0.29) is 16.8 Å². The molecule has 6 aromatic rings. The van der Waals surface area contributed by atoms with Gasteiger partial charge in [0.15, 0.2) is 23.8 Å².